The second-order valence-corrected chi connectivity index (χ2v) is 5.16. The summed E-state index contributed by atoms with van der Waals surface area (Å²) < 4.78 is 30.8. The Bertz CT molecular complexity index is 225. The third kappa shape index (κ3) is 9.43. The van der Waals surface area contributed by atoms with Gasteiger partial charge in [0.2, 0.25) is 0 Å². The number of aliphatic hydroxyl groups is 1. The molecule has 0 saturated carbocycles. The maximum atomic E-state index is 10.3. The van der Waals surface area contributed by atoms with Crippen molar-refractivity contribution in [3.63, 3.8) is 0 Å². The fraction of sp³-hybridized carbons (Fsp3) is 1.00. The summed E-state index contributed by atoms with van der Waals surface area (Å²) in [4.78, 5) is 0. The van der Waals surface area contributed by atoms with E-state index in [0.717, 1.165) is 12.8 Å². The molecule has 4 nitrogen and oxygen atoms in total. The molecule has 0 saturated heterocycles. The van der Waals surface area contributed by atoms with Crippen LogP contribution in [0.25, 0.3) is 0 Å². The Kier molecular flexibility index (Phi) is 9.96. The molecular formula is C8H17NaO4S. The zero-order chi connectivity index (χ0) is 10.5. The van der Waals surface area contributed by atoms with Crippen LogP contribution in [0.15, 0.2) is 0 Å². The Morgan fingerprint density at radius 3 is 2.00 bits per heavy atom. The zero-order valence-corrected chi connectivity index (χ0v) is 11.9. The molecule has 1 N–H and O–H groups in total. The van der Waals surface area contributed by atoms with Crippen molar-refractivity contribution in [1.82, 2.24) is 0 Å². The van der Waals surface area contributed by atoms with Gasteiger partial charge < -0.3 is 9.66 Å². The monoisotopic (exact) mass is 232 g/mol. The molecule has 0 bridgehead atoms. The fourth-order valence-electron chi connectivity index (χ4n) is 1.02. The van der Waals surface area contributed by atoms with Crippen molar-refractivity contribution in [3.8, 4) is 0 Å². The van der Waals surface area contributed by atoms with Crippen LogP contribution in [-0.2, 0) is 10.1 Å². The Balaban J connectivity index is 0. The second-order valence-electron chi connectivity index (χ2n) is 3.63. The molecule has 80 valence electrons. The van der Waals surface area contributed by atoms with Crippen LogP contribution in [0.5, 0.6) is 0 Å². The molecule has 1 atom stereocenters. The number of hydrogen-bond acceptors (Lipinski definition) is 4. The van der Waals surface area contributed by atoms with E-state index < -0.39 is 15.6 Å². The van der Waals surface area contributed by atoms with Crippen molar-refractivity contribution >= 4 is 10.1 Å². The molecule has 0 aliphatic carbocycles. The first kappa shape index (κ1) is 17.3. The first-order valence-corrected chi connectivity index (χ1v) is 5.94. The van der Waals surface area contributed by atoms with Crippen molar-refractivity contribution < 1.29 is 47.6 Å². The molecule has 0 heterocycles. The number of rotatable bonds is 6. The minimum absolute atomic E-state index is 0. The summed E-state index contributed by atoms with van der Waals surface area (Å²) in [6.45, 7) is 4.14. The third-order valence-corrected chi connectivity index (χ3v) is 2.72. The largest absolute Gasteiger partial charge is 1.00 e. The van der Waals surface area contributed by atoms with E-state index in [-0.39, 0.29) is 36.0 Å². The van der Waals surface area contributed by atoms with E-state index in [1.807, 2.05) is 0 Å². The first-order valence-electron chi connectivity index (χ1n) is 4.47. The van der Waals surface area contributed by atoms with Gasteiger partial charge in [-0.3, -0.25) is 0 Å². The Hall–Kier alpha value is 0.870. The molecule has 0 aliphatic heterocycles. The zero-order valence-electron chi connectivity index (χ0n) is 9.06. The van der Waals surface area contributed by atoms with Gasteiger partial charge >= 0.3 is 29.6 Å². The van der Waals surface area contributed by atoms with E-state index in [1.54, 1.807) is 0 Å². The number of aliphatic hydroxyl groups excluding tert-OH is 1. The minimum atomic E-state index is -4.50. The maximum absolute atomic E-state index is 10.3. The van der Waals surface area contributed by atoms with Gasteiger partial charge in [-0.05, 0) is 18.8 Å². The second kappa shape index (κ2) is 8.07. The standard InChI is InChI=1S/C8H18O4S.Na/c1-7(2)5-3-4-6-8(9)13(10,11)12;/h7-9H,3-6H2,1-2H3,(H,10,11,12);/q;+1/p-1. The van der Waals surface area contributed by atoms with Gasteiger partial charge in [0.1, 0.15) is 15.6 Å². The van der Waals surface area contributed by atoms with Crippen molar-refractivity contribution in [2.24, 2.45) is 5.92 Å². The molecule has 0 aliphatic rings. The van der Waals surface area contributed by atoms with E-state index in [4.69, 9.17) is 5.11 Å². The quantitative estimate of drug-likeness (QED) is 0.329. The molecule has 0 rings (SSSR count). The SMILES string of the molecule is CC(C)CCCCC(O)S(=O)(=O)[O-].[Na+]. The van der Waals surface area contributed by atoms with Gasteiger partial charge in [0.25, 0.3) is 0 Å². The topological polar surface area (TPSA) is 77.4 Å². The van der Waals surface area contributed by atoms with Gasteiger partial charge in [0.05, 0.1) is 0 Å². The summed E-state index contributed by atoms with van der Waals surface area (Å²) >= 11 is 0. The molecule has 1 unspecified atom stereocenters. The van der Waals surface area contributed by atoms with Crippen molar-refractivity contribution in [2.45, 2.75) is 45.0 Å². The summed E-state index contributed by atoms with van der Waals surface area (Å²) in [6, 6.07) is 0. The third-order valence-electron chi connectivity index (χ3n) is 1.82. The van der Waals surface area contributed by atoms with Gasteiger partial charge in [-0.1, -0.05) is 26.7 Å². The van der Waals surface area contributed by atoms with Crippen LogP contribution in [0.4, 0.5) is 0 Å². The van der Waals surface area contributed by atoms with E-state index in [0.29, 0.717) is 12.3 Å². The fourth-order valence-corrected chi connectivity index (χ4v) is 1.47. The number of hydrogen-bond donors (Lipinski definition) is 1. The molecule has 0 amide bonds. The first-order chi connectivity index (χ1) is 5.84. The van der Waals surface area contributed by atoms with Crippen LogP contribution in [0.3, 0.4) is 0 Å². The summed E-state index contributed by atoms with van der Waals surface area (Å²) in [6.07, 6.45) is 2.48. The average molecular weight is 232 g/mol. The van der Waals surface area contributed by atoms with E-state index >= 15 is 0 Å². The summed E-state index contributed by atoms with van der Waals surface area (Å²) in [5, 5.41) is 8.85. The molecule has 0 radical (unpaired) electrons. The molecular weight excluding hydrogens is 215 g/mol. The van der Waals surface area contributed by atoms with E-state index in [2.05, 4.69) is 13.8 Å². The van der Waals surface area contributed by atoms with Gasteiger partial charge in [-0.25, -0.2) is 8.42 Å². The van der Waals surface area contributed by atoms with Crippen LogP contribution >= 0.6 is 0 Å². The van der Waals surface area contributed by atoms with Crippen LogP contribution < -0.4 is 29.6 Å². The predicted octanol–water partition coefficient (Wildman–Crippen LogP) is -1.93. The maximum Gasteiger partial charge on any atom is 1.00 e. The van der Waals surface area contributed by atoms with Gasteiger partial charge in [-0.15, -0.1) is 0 Å². The Labute approximate surface area is 108 Å². The number of unbranched alkanes of at least 4 members (excludes halogenated alkanes) is 1. The minimum Gasteiger partial charge on any atom is -0.746 e. The van der Waals surface area contributed by atoms with Crippen molar-refractivity contribution in [2.75, 3.05) is 0 Å². The molecule has 0 fully saturated rings. The van der Waals surface area contributed by atoms with Gasteiger partial charge in [0.15, 0.2) is 0 Å². The molecule has 0 aromatic rings. The average Bonchev–Trinajstić information content (AvgIpc) is 1.95. The summed E-state index contributed by atoms with van der Waals surface area (Å²) in [5.41, 5.74) is -1.72. The van der Waals surface area contributed by atoms with Crippen LogP contribution in [0.1, 0.15) is 39.5 Å². The molecule has 0 spiro atoms. The smallest absolute Gasteiger partial charge is 0.746 e. The van der Waals surface area contributed by atoms with Crippen molar-refractivity contribution in [1.29, 1.82) is 0 Å². The van der Waals surface area contributed by atoms with Crippen LogP contribution in [-0.4, -0.2) is 23.5 Å². The van der Waals surface area contributed by atoms with Crippen molar-refractivity contribution in [3.05, 3.63) is 0 Å². The van der Waals surface area contributed by atoms with Gasteiger partial charge in [-0.2, -0.15) is 0 Å². The normalized spacial score (nSPS) is 13.8. The van der Waals surface area contributed by atoms with Crippen LogP contribution in [0, 0.1) is 5.92 Å². The molecule has 6 heteroatoms. The van der Waals surface area contributed by atoms with Crippen LogP contribution in [0.2, 0.25) is 0 Å². The molecule has 0 aromatic carbocycles. The van der Waals surface area contributed by atoms with Gasteiger partial charge in [0, 0.05) is 0 Å². The van der Waals surface area contributed by atoms with E-state index in [1.165, 1.54) is 0 Å². The summed E-state index contributed by atoms with van der Waals surface area (Å²) in [7, 11) is -4.50. The molecule has 0 aromatic heterocycles. The summed E-state index contributed by atoms with van der Waals surface area (Å²) in [5.74, 6) is 0.570. The predicted molar refractivity (Wildman–Crippen MR) is 49.0 cm³/mol. The molecule has 14 heavy (non-hydrogen) atoms. The van der Waals surface area contributed by atoms with E-state index in [9.17, 15) is 13.0 Å². The Morgan fingerprint density at radius 1 is 1.21 bits per heavy atom. The Morgan fingerprint density at radius 2 is 1.64 bits per heavy atom.